The molecule has 4 rings (SSSR count). The average Bonchev–Trinajstić information content (AvgIpc) is 3.29. The number of halogens is 1. The monoisotopic (exact) mass is 424 g/mol. The average molecular weight is 425 g/mol. The van der Waals surface area contributed by atoms with Crippen molar-refractivity contribution in [3.63, 3.8) is 0 Å². The van der Waals surface area contributed by atoms with E-state index in [0.717, 1.165) is 31.8 Å². The third kappa shape index (κ3) is 3.27. The number of para-hydroxylation sites is 1. The molecule has 2 aromatic carbocycles. The van der Waals surface area contributed by atoms with E-state index in [9.17, 15) is 9.59 Å². The minimum absolute atomic E-state index is 0.163. The number of fused-ring (bicyclic) bond motifs is 2. The van der Waals surface area contributed by atoms with Crippen molar-refractivity contribution in [2.24, 2.45) is 5.73 Å². The first kappa shape index (κ1) is 17.5. The minimum Gasteiger partial charge on any atom is -0.361 e. The van der Waals surface area contributed by atoms with Crippen LogP contribution in [-0.4, -0.2) is 28.2 Å². The molecule has 0 fully saturated rings. The Hall–Kier alpha value is -2.90. The highest BCUT2D eigenvalue weighted by molar-refractivity contribution is 9.10. The fraction of sp³-hybridized carbons (Fsp3) is 0.100. The summed E-state index contributed by atoms with van der Waals surface area (Å²) >= 11 is 3.43. The van der Waals surface area contributed by atoms with Crippen LogP contribution >= 0.6 is 15.9 Å². The Labute approximate surface area is 163 Å². The van der Waals surface area contributed by atoms with Crippen molar-refractivity contribution in [2.75, 3.05) is 6.54 Å². The van der Waals surface area contributed by atoms with Gasteiger partial charge in [-0.3, -0.25) is 9.59 Å². The van der Waals surface area contributed by atoms with Crippen LogP contribution in [0.2, 0.25) is 0 Å². The van der Waals surface area contributed by atoms with Crippen LogP contribution in [0.5, 0.6) is 0 Å². The lowest BCUT2D eigenvalue weighted by Crippen LogP contribution is -2.36. The summed E-state index contributed by atoms with van der Waals surface area (Å²) in [6.07, 6.45) is 3.39. The van der Waals surface area contributed by atoms with E-state index in [0.29, 0.717) is 5.56 Å². The molecule has 0 unspecified atom stereocenters. The number of H-pyrrole nitrogens is 2. The Kier molecular flexibility index (Phi) is 4.55. The van der Waals surface area contributed by atoms with Crippen LogP contribution in [0.1, 0.15) is 22.0 Å². The van der Waals surface area contributed by atoms with Crippen LogP contribution in [-0.2, 0) is 4.79 Å². The van der Waals surface area contributed by atoms with Gasteiger partial charge in [-0.2, -0.15) is 0 Å². The summed E-state index contributed by atoms with van der Waals surface area (Å²) in [7, 11) is 0. The van der Waals surface area contributed by atoms with E-state index in [4.69, 9.17) is 5.73 Å². The number of carbonyl (C=O) groups is 2. The highest BCUT2D eigenvalue weighted by Crippen LogP contribution is 2.25. The van der Waals surface area contributed by atoms with Gasteiger partial charge in [-0.25, -0.2) is 0 Å². The van der Waals surface area contributed by atoms with E-state index in [1.54, 1.807) is 6.20 Å². The van der Waals surface area contributed by atoms with E-state index in [2.05, 4.69) is 31.2 Å². The summed E-state index contributed by atoms with van der Waals surface area (Å²) in [6, 6.07) is 12.8. The Morgan fingerprint density at radius 1 is 1.04 bits per heavy atom. The number of ketones is 1. The Balaban J connectivity index is 1.47. The number of Topliss-reactive ketones (excluding diaryl/α,β-unsaturated/α-hetero) is 1. The summed E-state index contributed by atoms with van der Waals surface area (Å²) in [5.41, 5.74) is 9.25. The highest BCUT2D eigenvalue weighted by atomic mass is 79.9. The lowest BCUT2D eigenvalue weighted by molar-refractivity contribution is -0.117. The molecule has 27 heavy (non-hydrogen) atoms. The fourth-order valence-corrected chi connectivity index (χ4v) is 3.56. The van der Waals surface area contributed by atoms with Gasteiger partial charge in [-0.1, -0.05) is 40.2 Å². The third-order valence-electron chi connectivity index (χ3n) is 4.60. The van der Waals surface area contributed by atoms with Gasteiger partial charge in [0.1, 0.15) is 0 Å². The first-order chi connectivity index (χ1) is 13.0. The van der Waals surface area contributed by atoms with Crippen molar-refractivity contribution in [2.45, 2.75) is 6.04 Å². The van der Waals surface area contributed by atoms with Crippen molar-refractivity contribution in [3.05, 3.63) is 70.5 Å². The topological polar surface area (TPSA) is 104 Å². The Morgan fingerprint density at radius 3 is 2.67 bits per heavy atom. The standard InChI is InChI=1S/C20H17BrN4O2/c21-11-5-6-13-14(8-24-18(13)7-11)16(22)10-25-20(27)19(26)15-9-23-17-4-2-1-3-12(15)17/h1-9,16,23-24H,10,22H2,(H,25,27)/t16-/m1/s1. The number of benzene rings is 2. The highest BCUT2D eigenvalue weighted by Gasteiger charge is 2.21. The molecule has 1 amide bonds. The SMILES string of the molecule is N[C@H](CNC(=O)C(=O)c1c[nH]c2ccccc12)c1c[nH]c2cc(Br)ccc12. The van der Waals surface area contributed by atoms with Crippen molar-refractivity contribution in [1.82, 2.24) is 15.3 Å². The molecule has 0 bridgehead atoms. The van der Waals surface area contributed by atoms with E-state index in [1.165, 1.54) is 0 Å². The number of aromatic amines is 2. The van der Waals surface area contributed by atoms with Crippen molar-refractivity contribution in [3.8, 4) is 0 Å². The molecule has 7 heteroatoms. The first-order valence-electron chi connectivity index (χ1n) is 8.45. The molecule has 2 aromatic heterocycles. The summed E-state index contributed by atoms with van der Waals surface area (Å²) in [4.78, 5) is 31.0. The van der Waals surface area contributed by atoms with Crippen LogP contribution in [0.4, 0.5) is 0 Å². The Morgan fingerprint density at radius 2 is 1.81 bits per heavy atom. The number of rotatable bonds is 5. The van der Waals surface area contributed by atoms with E-state index in [1.807, 2.05) is 48.7 Å². The quantitative estimate of drug-likeness (QED) is 0.291. The van der Waals surface area contributed by atoms with Crippen LogP contribution in [0.25, 0.3) is 21.8 Å². The van der Waals surface area contributed by atoms with Gasteiger partial charge in [0.25, 0.3) is 11.7 Å². The molecule has 0 saturated heterocycles. The van der Waals surface area contributed by atoms with Gasteiger partial charge >= 0.3 is 0 Å². The van der Waals surface area contributed by atoms with E-state index in [-0.39, 0.29) is 6.54 Å². The van der Waals surface area contributed by atoms with Gasteiger partial charge in [-0.05, 0) is 23.8 Å². The zero-order chi connectivity index (χ0) is 19.0. The first-order valence-corrected chi connectivity index (χ1v) is 9.24. The number of amides is 1. The zero-order valence-corrected chi connectivity index (χ0v) is 15.8. The fourth-order valence-electron chi connectivity index (χ4n) is 3.20. The summed E-state index contributed by atoms with van der Waals surface area (Å²) in [5.74, 6) is -1.25. The number of nitrogens with one attached hydrogen (secondary N) is 3. The van der Waals surface area contributed by atoms with Gasteiger partial charge < -0.3 is 21.0 Å². The zero-order valence-electron chi connectivity index (χ0n) is 14.3. The Bertz CT molecular complexity index is 1160. The molecular weight excluding hydrogens is 408 g/mol. The minimum atomic E-state index is -0.669. The molecule has 0 spiro atoms. The predicted molar refractivity (Wildman–Crippen MR) is 109 cm³/mol. The molecule has 0 aliphatic heterocycles. The van der Waals surface area contributed by atoms with Gasteiger partial charge in [0.2, 0.25) is 0 Å². The third-order valence-corrected chi connectivity index (χ3v) is 5.09. The van der Waals surface area contributed by atoms with Gasteiger partial charge in [0.15, 0.2) is 0 Å². The maximum absolute atomic E-state index is 12.5. The molecule has 2 heterocycles. The molecule has 6 nitrogen and oxygen atoms in total. The second kappa shape index (κ2) is 7.02. The van der Waals surface area contributed by atoms with Crippen molar-refractivity contribution in [1.29, 1.82) is 0 Å². The van der Waals surface area contributed by atoms with Crippen molar-refractivity contribution < 1.29 is 9.59 Å². The predicted octanol–water partition coefficient (Wildman–Crippen LogP) is 3.41. The smallest absolute Gasteiger partial charge is 0.292 e. The normalized spacial score (nSPS) is 12.4. The maximum Gasteiger partial charge on any atom is 0.292 e. The van der Waals surface area contributed by atoms with Crippen LogP contribution in [0.3, 0.4) is 0 Å². The van der Waals surface area contributed by atoms with Gasteiger partial charge in [-0.15, -0.1) is 0 Å². The molecule has 136 valence electrons. The maximum atomic E-state index is 12.5. The molecule has 5 N–H and O–H groups in total. The lowest BCUT2D eigenvalue weighted by Gasteiger charge is -2.12. The second-order valence-corrected chi connectivity index (χ2v) is 7.24. The van der Waals surface area contributed by atoms with E-state index < -0.39 is 17.7 Å². The van der Waals surface area contributed by atoms with Gasteiger partial charge in [0.05, 0.1) is 5.56 Å². The van der Waals surface area contributed by atoms with Gasteiger partial charge in [0, 0.05) is 51.3 Å². The number of nitrogens with two attached hydrogens (primary N) is 1. The molecular formula is C20H17BrN4O2. The second-order valence-electron chi connectivity index (χ2n) is 6.33. The number of hydrogen-bond acceptors (Lipinski definition) is 3. The van der Waals surface area contributed by atoms with Crippen LogP contribution in [0.15, 0.2) is 59.3 Å². The van der Waals surface area contributed by atoms with Crippen LogP contribution in [0, 0.1) is 0 Å². The summed E-state index contributed by atoms with van der Waals surface area (Å²) < 4.78 is 0.967. The number of aromatic nitrogens is 2. The largest absolute Gasteiger partial charge is 0.361 e. The van der Waals surface area contributed by atoms with Crippen LogP contribution < -0.4 is 11.1 Å². The number of hydrogen-bond donors (Lipinski definition) is 4. The molecule has 0 aliphatic rings. The lowest BCUT2D eigenvalue weighted by atomic mass is 10.1. The molecule has 0 aliphatic carbocycles. The molecule has 1 atom stereocenters. The summed E-state index contributed by atoms with van der Waals surface area (Å²) in [5, 5.41) is 4.36. The van der Waals surface area contributed by atoms with Crippen molar-refractivity contribution >= 4 is 49.4 Å². The van der Waals surface area contributed by atoms with E-state index >= 15 is 0 Å². The number of carbonyl (C=O) groups excluding carboxylic acids is 2. The summed E-state index contributed by atoms with van der Waals surface area (Å²) in [6.45, 7) is 0.163. The molecule has 4 aromatic rings. The molecule has 0 saturated carbocycles. The molecule has 0 radical (unpaired) electrons.